The Labute approximate surface area is 116 Å². The molecular weight excluding hydrogens is 238 g/mol. The van der Waals surface area contributed by atoms with Gasteiger partial charge < -0.3 is 4.74 Å². The standard InChI is InChI=1S/C16H25NO2/c1-6-17(12-14-10-8-7-9-11-14)13(2)15(18)19-16(3,4)5/h7-11,13H,6,12H2,1-5H3. The first-order chi connectivity index (χ1) is 8.83. The van der Waals surface area contributed by atoms with Crippen molar-refractivity contribution in [2.75, 3.05) is 6.54 Å². The summed E-state index contributed by atoms with van der Waals surface area (Å²) in [7, 11) is 0. The van der Waals surface area contributed by atoms with Crippen LogP contribution < -0.4 is 0 Å². The average Bonchev–Trinajstić information content (AvgIpc) is 2.34. The van der Waals surface area contributed by atoms with E-state index in [4.69, 9.17) is 4.74 Å². The summed E-state index contributed by atoms with van der Waals surface area (Å²) in [5.41, 5.74) is 0.775. The SMILES string of the molecule is CCN(Cc1ccccc1)C(C)C(=O)OC(C)(C)C. The Kier molecular flexibility index (Phi) is 5.55. The monoisotopic (exact) mass is 263 g/mol. The van der Waals surface area contributed by atoms with Gasteiger partial charge in [-0.1, -0.05) is 37.3 Å². The van der Waals surface area contributed by atoms with Crippen LogP contribution in [0.15, 0.2) is 30.3 Å². The first kappa shape index (κ1) is 15.7. The number of ether oxygens (including phenoxy) is 1. The van der Waals surface area contributed by atoms with Crippen LogP contribution in [0.25, 0.3) is 0 Å². The molecule has 0 aromatic heterocycles. The van der Waals surface area contributed by atoms with Gasteiger partial charge in [0.1, 0.15) is 11.6 Å². The van der Waals surface area contributed by atoms with Gasteiger partial charge in [0.15, 0.2) is 0 Å². The van der Waals surface area contributed by atoms with Crippen molar-refractivity contribution in [1.82, 2.24) is 4.90 Å². The number of benzene rings is 1. The van der Waals surface area contributed by atoms with Gasteiger partial charge in [-0.15, -0.1) is 0 Å². The highest BCUT2D eigenvalue weighted by Gasteiger charge is 2.25. The van der Waals surface area contributed by atoms with Crippen LogP contribution in [0.2, 0.25) is 0 Å². The fourth-order valence-electron chi connectivity index (χ4n) is 1.88. The minimum atomic E-state index is -0.433. The van der Waals surface area contributed by atoms with Crippen LogP contribution in [-0.2, 0) is 16.1 Å². The van der Waals surface area contributed by atoms with Gasteiger partial charge in [0.2, 0.25) is 0 Å². The predicted octanol–water partition coefficient (Wildman–Crippen LogP) is 3.24. The molecule has 0 fully saturated rings. The van der Waals surface area contributed by atoms with E-state index < -0.39 is 5.60 Å². The highest BCUT2D eigenvalue weighted by atomic mass is 16.6. The van der Waals surface area contributed by atoms with E-state index in [1.807, 2.05) is 45.9 Å². The van der Waals surface area contributed by atoms with Crippen molar-refractivity contribution in [3.63, 3.8) is 0 Å². The van der Waals surface area contributed by atoms with Crippen LogP contribution in [0.1, 0.15) is 40.2 Å². The summed E-state index contributed by atoms with van der Waals surface area (Å²) in [4.78, 5) is 14.2. The Morgan fingerprint density at radius 2 is 1.84 bits per heavy atom. The Hall–Kier alpha value is -1.35. The third-order valence-electron chi connectivity index (χ3n) is 2.93. The number of nitrogens with zero attached hydrogens (tertiary/aromatic N) is 1. The molecule has 0 spiro atoms. The summed E-state index contributed by atoms with van der Waals surface area (Å²) in [6, 6.07) is 9.94. The lowest BCUT2D eigenvalue weighted by Crippen LogP contribution is -2.42. The number of likely N-dealkylation sites (N-methyl/N-ethyl adjacent to an activating group) is 1. The van der Waals surface area contributed by atoms with Crippen molar-refractivity contribution >= 4 is 5.97 Å². The molecule has 19 heavy (non-hydrogen) atoms. The number of hydrogen-bond donors (Lipinski definition) is 0. The van der Waals surface area contributed by atoms with Crippen molar-refractivity contribution in [2.45, 2.75) is 52.8 Å². The lowest BCUT2D eigenvalue weighted by molar-refractivity contribution is -0.160. The molecule has 0 aliphatic carbocycles. The van der Waals surface area contributed by atoms with Crippen LogP contribution in [-0.4, -0.2) is 29.1 Å². The van der Waals surface area contributed by atoms with Gasteiger partial charge in [-0.05, 0) is 39.8 Å². The molecule has 0 aliphatic heterocycles. The summed E-state index contributed by atoms with van der Waals surface area (Å²) >= 11 is 0. The molecule has 106 valence electrons. The van der Waals surface area contributed by atoms with Crippen LogP contribution in [0.5, 0.6) is 0 Å². The van der Waals surface area contributed by atoms with Gasteiger partial charge in [0.25, 0.3) is 0 Å². The third kappa shape index (κ3) is 5.43. The molecule has 0 saturated carbocycles. The zero-order valence-electron chi connectivity index (χ0n) is 12.6. The van der Waals surface area contributed by atoms with E-state index in [2.05, 4.69) is 24.0 Å². The zero-order valence-corrected chi connectivity index (χ0v) is 12.6. The van der Waals surface area contributed by atoms with E-state index in [9.17, 15) is 4.79 Å². The molecule has 1 unspecified atom stereocenters. The van der Waals surface area contributed by atoms with Gasteiger partial charge in [0, 0.05) is 6.54 Å². The molecule has 0 bridgehead atoms. The topological polar surface area (TPSA) is 29.5 Å². The van der Waals surface area contributed by atoms with Crippen molar-refractivity contribution in [3.05, 3.63) is 35.9 Å². The van der Waals surface area contributed by atoms with E-state index in [0.717, 1.165) is 13.1 Å². The van der Waals surface area contributed by atoms with E-state index >= 15 is 0 Å². The maximum absolute atomic E-state index is 12.1. The fourth-order valence-corrected chi connectivity index (χ4v) is 1.88. The Morgan fingerprint density at radius 1 is 1.26 bits per heavy atom. The second-order valence-electron chi connectivity index (χ2n) is 5.76. The second kappa shape index (κ2) is 6.71. The number of carbonyl (C=O) groups excluding carboxylic acids is 1. The normalized spacial score (nSPS) is 13.4. The molecule has 1 aromatic carbocycles. The molecule has 0 N–H and O–H groups in total. The van der Waals surface area contributed by atoms with E-state index in [1.165, 1.54) is 5.56 Å². The van der Waals surface area contributed by atoms with Crippen LogP contribution in [0.4, 0.5) is 0 Å². The van der Waals surface area contributed by atoms with Crippen LogP contribution in [0.3, 0.4) is 0 Å². The summed E-state index contributed by atoms with van der Waals surface area (Å²) in [5, 5.41) is 0. The van der Waals surface area contributed by atoms with Gasteiger partial charge in [0.05, 0.1) is 0 Å². The molecule has 3 heteroatoms. The molecule has 0 saturated heterocycles. The number of rotatable bonds is 5. The molecule has 1 aromatic rings. The smallest absolute Gasteiger partial charge is 0.323 e. The van der Waals surface area contributed by atoms with Crippen LogP contribution in [0, 0.1) is 0 Å². The van der Waals surface area contributed by atoms with Crippen molar-refractivity contribution in [2.24, 2.45) is 0 Å². The summed E-state index contributed by atoms with van der Waals surface area (Å²) in [6.45, 7) is 11.2. The first-order valence-corrected chi connectivity index (χ1v) is 6.84. The summed E-state index contributed by atoms with van der Waals surface area (Å²) < 4.78 is 5.44. The van der Waals surface area contributed by atoms with E-state index in [-0.39, 0.29) is 12.0 Å². The molecular formula is C16H25NO2. The Morgan fingerprint density at radius 3 is 2.32 bits per heavy atom. The van der Waals surface area contributed by atoms with Gasteiger partial charge in [-0.3, -0.25) is 9.69 Å². The lowest BCUT2D eigenvalue weighted by Gasteiger charge is -2.29. The maximum Gasteiger partial charge on any atom is 0.323 e. The average molecular weight is 263 g/mol. The first-order valence-electron chi connectivity index (χ1n) is 6.84. The molecule has 0 radical (unpaired) electrons. The Balaban J connectivity index is 2.66. The van der Waals surface area contributed by atoms with Crippen molar-refractivity contribution in [3.8, 4) is 0 Å². The highest BCUT2D eigenvalue weighted by molar-refractivity contribution is 5.75. The number of esters is 1. The number of carbonyl (C=O) groups is 1. The highest BCUT2D eigenvalue weighted by Crippen LogP contribution is 2.13. The molecule has 1 rings (SSSR count). The van der Waals surface area contributed by atoms with Crippen molar-refractivity contribution in [1.29, 1.82) is 0 Å². The third-order valence-corrected chi connectivity index (χ3v) is 2.93. The Bertz CT molecular complexity index is 395. The largest absolute Gasteiger partial charge is 0.459 e. The molecule has 0 heterocycles. The summed E-state index contributed by atoms with van der Waals surface area (Å²) in [5.74, 6) is -0.162. The predicted molar refractivity (Wildman–Crippen MR) is 77.8 cm³/mol. The van der Waals surface area contributed by atoms with Crippen LogP contribution >= 0.6 is 0 Å². The van der Waals surface area contributed by atoms with Gasteiger partial charge >= 0.3 is 5.97 Å². The molecule has 0 aliphatic rings. The molecule has 0 amide bonds. The van der Waals surface area contributed by atoms with Gasteiger partial charge in [-0.25, -0.2) is 0 Å². The minimum absolute atomic E-state index is 0.162. The maximum atomic E-state index is 12.1. The van der Waals surface area contributed by atoms with E-state index in [0.29, 0.717) is 0 Å². The van der Waals surface area contributed by atoms with Crippen molar-refractivity contribution < 1.29 is 9.53 Å². The minimum Gasteiger partial charge on any atom is -0.459 e. The summed E-state index contributed by atoms with van der Waals surface area (Å²) in [6.07, 6.45) is 0. The van der Waals surface area contributed by atoms with Gasteiger partial charge in [-0.2, -0.15) is 0 Å². The lowest BCUT2D eigenvalue weighted by atomic mass is 10.1. The molecule has 3 nitrogen and oxygen atoms in total. The fraction of sp³-hybridized carbons (Fsp3) is 0.562. The van der Waals surface area contributed by atoms with E-state index in [1.54, 1.807) is 0 Å². The zero-order chi connectivity index (χ0) is 14.5. The second-order valence-corrected chi connectivity index (χ2v) is 5.76. The quantitative estimate of drug-likeness (QED) is 0.764. The number of hydrogen-bond acceptors (Lipinski definition) is 3. The molecule has 1 atom stereocenters.